The van der Waals surface area contributed by atoms with Crippen LogP contribution >= 0.6 is 0 Å². The van der Waals surface area contributed by atoms with Crippen LogP contribution in [0.4, 0.5) is 0 Å². The first kappa shape index (κ1) is 14.0. The number of methoxy groups -OCH3 is 1. The van der Waals surface area contributed by atoms with Gasteiger partial charge in [-0.15, -0.1) is 0 Å². The van der Waals surface area contributed by atoms with Gasteiger partial charge in [0, 0.05) is 0 Å². The second-order valence-electron chi connectivity index (χ2n) is 5.23. The molecule has 3 nitrogen and oxygen atoms in total. The summed E-state index contributed by atoms with van der Waals surface area (Å²) in [6, 6.07) is 16.4. The first-order chi connectivity index (χ1) is 10.3. The molecule has 0 aliphatic carbocycles. The maximum atomic E-state index is 5.84. The van der Waals surface area contributed by atoms with Gasteiger partial charge in [0.25, 0.3) is 0 Å². The number of ether oxygens (including phenoxy) is 3. The van der Waals surface area contributed by atoms with Crippen LogP contribution in [0.2, 0.25) is 0 Å². The van der Waals surface area contributed by atoms with Crippen molar-refractivity contribution in [2.75, 3.05) is 20.3 Å². The van der Waals surface area contributed by atoms with Crippen molar-refractivity contribution < 1.29 is 14.2 Å². The summed E-state index contributed by atoms with van der Waals surface area (Å²) < 4.78 is 16.3. The molecular weight excluding hydrogens is 264 g/mol. The minimum absolute atomic E-state index is 0.288. The molecule has 3 rings (SSSR count). The molecule has 1 aliphatic heterocycles. The lowest BCUT2D eigenvalue weighted by molar-refractivity contribution is 0.261. The molecule has 2 aromatic carbocycles. The van der Waals surface area contributed by atoms with Gasteiger partial charge in [0.1, 0.15) is 24.2 Å². The van der Waals surface area contributed by atoms with E-state index < -0.39 is 0 Å². The Morgan fingerprint density at radius 2 is 1.95 bits per heavy atom. The lowest BCUT2D eigenvalue weighted by Gasteiger charge is -2.11. The van der Waals surface area contributed by atoms with Gasteiger partial charge >= 0.3 is 0 Å². The summed E-state index contributed by atoms with van der Waals surface area (Å²) >= 11 is 0. The molecule has 110 valence electrons. The zero-order chi connectivity index (χ0) is 14.5. The average molecular weight is 284 g/mol. The summed E-state index contributed by atoms with van der Waals surface area (Å²) in [5.41, 5.74) is 2.51. The second kappa shape index (κ2) is 6.64. The fourth-order valence-corrected chi connectivity index (χ4v) is 2.31. The van der Waals surface area contributed by atoms with Crippen LogP contribution in [0.25, 0.3) is 0 Å². The molecule has 21 heavy (non-hydrogen) atoms. The Bertz CT molecular complexity index is 591. The minimum atomic E-state index is 0.288. The Morgan fingerprint density at radius 1 is 1.10 bits per heavy atom. The first-order valence-electron chi connectivity index (χ1n) is 7.30. The highest BCUT2D eigenvalue weighted by Crippen LogP contribution is 2.22. The van der Waals surface area contributed by atoms with E-state index >= 15 is 0 Å². The zero-order valence-electron chi connectivity index (χ0n) is 12.2. The van der Waals surface area contributed by atoms with Crippen LogP contribution in [0.5, 0.6) is 11.5 Å². The van der Waals surface area contributed by atoms with Gasteiger partial charge in [0.2, 0.25) is 0 Å². The molecule has 0 saturated carbocycles. The molecule has 1 heterocycles. The zero-order valence-corrected chi connectivity index (χ0v) is 12.2. The Kier molecular flexibility index (Phi) is 4.41. The third kappa shape index (κ3) is 3.99. The standard InChI is InChI=1S/C18H20O3/c1-19-16-7-4-5-14(11-16)9-10-15-6-2-3-8-18(15)21-13-17-12-20-17/h2-8,11,17H,9-10,12-13H2,1H3/t17-/m0/s1. The second-order valence-corrected chi connectivity index (χ2v) is 5.23. The average Bonchev–Trinajstić information content (AvgIpc) is 3.36. The predicted molar refractivity (Wildman–Crippen MR) is 82.1 cm³/mol. The third-order valence-electron chi connectivity index (χ3n) is 3.62. The summed E-state index contributed by atoms with van der Waals surface area (Å²) in [6.07, 6.45) is 2.21. The molecule has 1 saturated heterocycles. The molecule has 0 bridgehead atoms. The molecule has 0 spiro atoms. The van der Waals surface area contributed by atoms with Gasteiger partial charge in [-0.1, -0.05) is 30.3 Å². The Hall–Kier alpha value is -2.00. The van der Waals surface area contributed by atoms with E-state index in [1.54, 1.807) is 7.11 Å². The summed E-state index contributed by atoms with van der Waals surface area (Å²) in [5, 5.41) is 0. The molecule has 0 N–H and O–H groups in total. The van der Waals surface area contributed by atoms with Crippen molar-refractivity contribution in [2.24, 2.45) is 0 Å². The highest BCUT2D eigenvalue weighted by atomic mass is 16.6. The number of hydrogen-bond acceptors (Lipinski definition) is 3. The van der Waals surface area contributed by atoms with Crippen molar-refractivity contribution in [2.45, 2.75) is 18.9 Å². The molecule has 0 unspecified atom stereocenters. The third-order valence-corrected chi connectivity index (χ3v) is 3.62. The van der Waals surface area contributed by atoms with Crippen LogP contribution in [0.1, 0.15) is 11.1 Å². The van der Waals surface area contributed by atoms with E-state index in [9.17, 15) is 0 Å². The minimum Gasteiger partial charge on any atom is -0.497 e. The monoisotopic (exact) mass is 284 g/mol. The van der Waals surface area contributed by atoms with Crippen molar-refractivity contribution in [3.8, 4) is 11.5 Å². The normalized spacial score (nSPS) is 16.5. The molecular formula is C18H20O3. The Labute approximate surface area is 125 Å². The maximum Gasteiger partial charge on any atom is 0.122 e. The van der Waals surface area contributed by atoms with Crippen molar-refractivity contribution in [1.29, 1.82) is 0 Å². The van der Waals surface area contributed by atoms with Crippen LogP contribution < -0.4 is 9.47 Å². The summed E-state index contributed by atoms with van der Waals surface area (Å²) in [4.78, 5) is 0. The quantitative estimate of drug-likeness (QED) is 0.731. The van der Waals surface area contributed by atoms with Crippen molar-refractivity contribution in [3.63, 3.8) is 0 Å². The van der Waals surface area contributed by atoms with Crippen molar-refractivity contribution in [1.82, 2.24) is 0 Å². The van der Waals surface area contributed by atoms with Crippen LogP contribution in [-0.4, -0.2) is 26.4 Å². The number of epoxide rings is 1. The molecule has 0 radical (unpaired) electrons. The van der Waals surface area contributed by atoms with Gasteiger partial charge in [-0.3, -0.25) is 0 Å². The largest absolute Gasteiger partial charge is 0.497 e. The number of benzene rings is 2. The van der Waals surface area contributed by atoms with Gasteiger partial charge < -0.3 is 14.2 Å². The predicted octanol–water partition coefficient (Wildman–Crippen LogP) is 3.26. The molecule has 0 aromatic heterocycles. The van der Waals surface area contributed by atoms with E-state index in [1.807, 2.05) is 24.3 Å². The number of para-hydroxylation sites is 1. The summed E-state index contributed by atoms with van der Waals surface area (Å²) in [7, 11) is 1.70. The lowest BCUT2D eigenvalue weighted by atomic mass is 10.0. The van der Waals surface area contributed by atoms with E-state index in [0.717, 1.165) is 30.9 Å². The molecule has 1 atom stereocenters. The SMILES string of the molecule is COc1cccc(CCc2ccccc2OC[C@@H]2CO2)c1. The maximum absolute atomic E-state index is 5.84. The lowest BCUT2D eigenvalue weighted by Crippen LogP contribution is -2.06. The van der Waals surface area contributed by atoms with Crippen molar-refractivity contribution >= 4 is 0 Å². The molecule has 3 heteroatoms. The summed E-state index contributed by atoms with van der Waals surface area (Å²) in [5.74, 6) is 1.87. The van der Waals surface area contributed by atoms with E-state index in [-0.39, 0.29) is 6.10 Å². The molecule has 1 fully saturated rings. The van der Waals surface area contributed by atoms with E-state index in [0.29, 0.717) is 6.61 Å². The van der Waals surface area contributed by atoms with E-state index in [2.05, 4.69) is 24.3 Å². The first-order valence-corrected chi connectivity index (χ1v) is 7.30. The van der Waals surface area contributed by atoms with Gasteiger partial charge in [0.05, 0.1) is 13.7 Å². The number of aryl methyl sites for hydroxylation is 2. The van der Waals surface area contributed by atoms with E-state index in [1.165, 1.54) is 11.1 Å². The van der Waals surface area contributed by atoms with Gasteiger partial charge in [-0.05, 0) is 42.2 Å². The number of rotatable bonds is 7. The highest BCUT2D eigenvalue weighted by molar-refractivity contribution is 5.35. The van der Waals surface area contributed by atoms with Crippen LogP contribution in [0.3, 0.4) is 0 Å². The molecule has 0 amide bonds. The topological polar surface area (TPSA) is 31.0 Å². The fourth-order valence-electron chi connectivity index (χ4n) is 2.31. The Morgan fingerprint density at radius 3 is 2.76 bits per heavy atom. The molecule has 1 aliphatic rings. The van der Waals surface area contributed by atoms with Crippen LogP contribution in [0, 0.1) is 0 Å². The van der Waals surface area contributed by atoms with Crippen LogP contribution in [-0.2, 0) is 17.6 Å². The highest BCUT2D eigenvalue weighted by Gasteiger charge is 2.23. The van der Waals surface area contributed by atoms with Gasteiger partial charge in [0.15, 0.2) is 0 Å². The van der Waals surface area contributed by atoms with E-state index in [4.69, 9.17) is 14.2 Å². The van der Waals surface area contributed by atoms with Crippen LogP contribution in [0.15, 0.2) is 48.5 Å². The van der Waals surface area contributed by atoms with Crippen molar-refractivity contribution in [3.05, 3.63) is 59.7 Å². The van der Waals surface area contributed by atoms with Gasteiger partial charge in [-0.25, -0.2) is 0 Å². The molecule has 2 aromatic rings. The smallest absolute Gasteiger partial charge is 0.122 e. The summed E-state index contributed by atoms with van der Waals surface area (Å²) in [6.45, 7) is 1.47. The number of hydrogen-bond donors (Lipinski definition) is 0. The van der Waals surface area contributed by atoms with Gasteiger partial charge in [-0.2, -0.15) is 0 Å². The Balaban J connectivity index is 1.63. The fraction of sp³-hybridized carbons (Fsp3) is 0.333.